The SMILES string of the molecule is ClC1=NC2C=CN=C(Cl)C2C=C1. The van der Waals surface area contributed by atoms with Crippen LogP contribution in [-0.2, 0) is 0 Å². The molecule has 0 aliphatic carbocycles. The number of halogens is 2. The van der Waals surface area contributed by atoms with Gasteiger partial charge in [-0.1, -0.05) is 29.3 Å². The van der Waals surface area contributed by atoms with Crippen molar-refractivity contribution in [1.82, 2.24) is 0 Å². The third-order valence-electron chi connectivity index (χ3n) is 1.84. The molecule has 2 atom stereocenters. The first-order valence-electron chi connectivity index (χ1n) is 3.59. The van der Waals surface area contributed by atoms with Crippen molar-refractivity contribution >= 4 is 33.5 Å². The summed E-state index contributed by atoms with van der Waals surface area (Å²) in [5, 5.41) is 1.10. The second-order valence-corrected chi connectivity index (χ2v) is 3.40. The fourth-order valence-corrected chi connectivity index (χ4v) is 1.68. The van der Waals surface area contributed by atoms with Gasteiger partial charge in [0.05, 0.1) is 12.0 Å². The predicted molar refractivity (Wildman–Crippen MR) is 52.1 cm³/mol. The first-order chi connectivity index (χ1) is 5.77. The van der Waals surface area contributed by atoms with Gasteiger partial charge < -0.3 is 0 Å². The molecule has 0 bridgehead atoms. The minimum atomic E-state index is 0.0347. The molecular formula is C8H6Cl2N2. The molecule has 0 fully saturated rings. The Bertz CT molecular complexity index is 315. The Kier molecular flexibility index (Phi) is 2.03. The Morgan fingerprint density at radius 1 is 1.25 bits per heavy atom. The van der Waals surface area contributed by atoms with Crippen LogP contribution < -0.4 is 0 Å². The van der Waals surface area contributed by atoms with Crippen LogP contribution in [0.4, 0.5) is 0 Å². The Balaban J connectivity index is 2.33. The molecule has 2 unspecified atom stereocenters. The fourth-order valence-electron chi connectivity index (χ4n) is 1.23. The van der Waals surface area contributed by atoms with Crippen molar-refractivity contribution in [3.63, 3.8) is 0 Å². The Morgan fingerprint density at radius 3 is 2.92 bits per heavy atom. The summed E-state index contributed by atoms with van der Waals surface area (Å²) < 4.78 is 0. The molecule has 0 N–H and O–H groups in total. The lowest BCUT2D eigenvalue weighted by Crippen LogP contribution is -2.25. The van der Waals surface area contributed by atoms with E-state index in [1.165, 1.54) is 0 Å². The van der Waals surface area contributed by atoms with E-state index in [4.69, 9.17) is 23.2 Å². The molecule has 0 amide bonds. The molecular weight excluding hydrogens is 195 g/mol. The zero-order valence-corrected chi connectivity index (χ0v) is 7.63. The van der Waals surface area contributed by atoms with Crippen molar-refractivity contribution in [2.75, 3.05) is 0 Å². The lowest BCUT2D eigenvalue weighted by atomic mass is 9.97. The lowest BCUT2D eigenvalue weighted by Gasteiger charge is -2.22. The van der Waals surface area contributed by atoms with Gasteiger partial charge in [-0.3, -0.25) is 4.99 Å². The second-order valence-electron chi connectivity index (χ2n) is 2.62. The van der Waals surface area contributed by atoms with Crippen LogP contribution in [0, 0.1) is 5.92 Å². The standard InChI is InChI=1S/C8H6Cl2N2/c9-7-2-1-5-6(12-7)3-4-11-8(5)10/h1-6H. The Morgan fingerprint density at radius 2 is 2.08 bits per heavy atom. The summed E-state index contributed by atoms with van der Waals surface area (Å²) in [5.74, 6) is 0.0826. The van der Waals surface area contributed by atoms with Crippen LogP contribution in [0.2, 0.25) is 0 Å². The van der Waals surface area contributed by atoms with Crippen LogP contribution in [0.15, 0.2) is 34.4 Å². The van der Waals surface area contributed by atoms with Gasteiger partial charge in [0, 0.05) is 6.20 Å². The summed E-state index contributed by atoms with van der Waals surface area (Å²) in [4.78, 5) is 8.18. The van der Waals surface area contributed by atoms with Crippen molar-refractivity contribution in [1.29, 1.82) is 0 Å². The third-order valence-corrected chi connectivity index (χ3v) is 2.41. The van der Waals surface area contributed by atoms with E-state index in [0.717, 1.165) is 0 Å². The average molecular weight is 201 g/mol. The van der Waals surface area contributed by atoms with Crippen LogP contribution in [-0.4, -0.2) is 16.4 Å². The fraction of sp³-hybridized carbons (Fsp3) is 0.250. The second kappa shape index (κ2) is 3.04. The number of hydrogen-bond acceptors (Lipinski definition) is 2. The number of dihydropyridines is 1. The highest BCUT2D eigenvalue weighted by atomic mass is 35.5. The minimum absolute atomic E-state index is 0.0347. The summed E-state index contributed by atoms with van der Waals surface area (Å²) in [7, 11) is 0. The molecule has 0 saturated carbocycles. The molecule has 2 heterocycles. The van der Waals surface area contributed by atoms with E-state index < -0.39 is 0 Å². The number of allylic oxidation sites excluding steroid dienone is 1. The summed E-state index contributed by atoms with van der Waals surface area (Å²) in [6.07, 6.45) is 7.23. The molecule has 62 valence electrons. The molecule has 2 aliphatic heterocycles. The van der Waals surface area contributed by atoms with Crippen LogP contribution >= 0.6 is 23.2 Å². The molecule has 0 spiro atoms. The first-order valence-corrected chi connectivity index (χ1v) is 4.34. The van der Waals surface area contributed by atoms with E-state index in [0.29, 0.717) is 10.3 Å². The number of aliphatic imine (C=N–C) groups is 2. The maximum absolute atomic E-state index is 5.87. The van der Waals surface area contributed by atoms with Gasteiger partial charge in [0.1, 0.15) is 10.3 Å². The molecule has 0 saturated heterocycles. The summed E-state index contributed by atoms with van der Waals surface area (Å²) in [5.41, 5.74) is 0. The van der Waals surface area contributed by atoms with Gasteiger partial charge in [-0.25, -0.2) is 4.99 Å². The summed E-state index contributed by atoms with van der Waals surface area (Å²) in [6, 6.07) is 0.0347. The number of hydrogen-bond donors (Lipinski definition) is 0. The van der Waals surface area contributed by atoms with Crippen molar-refractivity contribution in [3.05, 3.63) is 24.4 Å². The Hall–Kier alpha value is -0.600. The largest absolute Gasteiger partial charge is 0.265 e. The lowest BCUT2D eigenvalue weighted by molar-refractivity contribution is 0.718. The zero-order chi connectivity index (χ0) is 8.55. The quantitative estimate of drug-likeness (QED) is 0.574. The van der Waals surface area contributed by atoms with Gasteiger partial charge in [-0.15, -0.1) is 0 Å². The zero-order valence-electron chi connectivity index (χ0n) is 6.11. The Labute approximate surface area is 80.3 Å². The molecule has 0 aromatic carbocycles. The maximum Gasteiger partial charge on any atom is 0.123 e. The van der Waals surface area contributed by atoms with E-state index in [1.54, 1.807) is 12.3 Å². The number of nitrogens with zero attached hydrogens (tertiary/aromatic N) is 2. The van der Waals surface area contributed by atoms with E-state index >= 15 is 0 Å². The number of fused-ring (bicyclic) bond motifs is 1. The van der Waals surface area contributed by atoms with Crippen molar-refractivity contribution < 1.29 is 0 Å². The monoisotopic (exact) mass is 200 g/mol. The summed E-state index contributed by atoms with van der Waals surface area (Å²) >= 11 is 11.6. The number of rotatable bonds is 0. The van der Waals surface area contributed by atoms with E-state index in [1.807, 2.05) is 12.2 Å². The van der Waals surface area contributed by atoms with Gasteiger partial charge in [-0.2, -0.15) is 0 Å². The van der Waals surface area contributed by atoms with Crippen molar-refractivity contribution in [3.8, 4) is 0 Å². The predicted octanol–water partition coefficient (Wildman–Crippen LogP) is 2.34. The molecule has 0 aromatic rings. The van der Waals surface area contributed by atoms with E-state index in [-0.39, 0.29) is 12.0 Å². The maximum atomic E-state index is 5.87. The highest BCUT2D eigenvalue weighted by molar-refractivity contribution is 6.69. The van der Waals surface area contributed by atoms with E-state index in [9.17, 15) is 0 Å². The topological polar surface area (TPSA) is 24.7 Å². The molecule has 4 heteroatoms. The van der Waals surface area contributed by atoms with Crippen molar-refractivity contribution in [2.45, 2.75) is 6.04 Å². The molecule has 0 aromatic heterocycles. The smallest absolute Gasteiger partial charge is 0.123 e. The van der Waals surface area contributed by atoms with Gasteiger partial charge in [0.25, 0.3) is 0 Å². The van der Waals surface area contributed by atoms with Gasteiger partial charge in [0.15, 0.2) is 0 Å². The average Bonchev–Trinajstić information content (AvgIpc) is 2.04. The summed E-state index contributed by atoms with van der Waals surface area (Å²) in [6.45, 7) is 0. The van der Waals surface area contributed by atoms with E-state index in [2.05, 4.69) is 9.98 Å². The first kappa shape index (κ1) is 8.02. The third kappa shape index (κ3) is 1.32. The highest BCUT2D eigenvalue weighted by Crippen LogP contribution is 2.24. The van der Waals surface area contributed by atoms with Gasteiger partial charge in [0.2, 0.25) is 0 Å². The van der Waals surface area contributed by atoms with Crippen LogP contribution in [0.25, 0.3) is 0 Å². The minimum Gasteiger partial charge on any atom is -0.265 e. The van der Waals surface area contributed by atoms with Crippen molar-refractivity contribution in [2.24, 2.45) is 15.9 Å². The van der Waals surface area contributed by atoms with Crippen LogP contribution in [0.5, 0.6) is 0 Å². The molecule has 2 rings (SSSR count). The van der Waals surface area contributed by atoms with Gasteiger partial charge in [-0.05, 0) is 12.2 Å². The van der Waals surface area contributed by atoms with Crippen LogP contribution in [0.3, 0.4) is 0 Å². The molecule has 0 radical (unpaired) electrons. The van der Waals surface area contributed by atoms with Gasteiger partial charge >= 0.3 is 0 Å². The normalized spacial score (nSPS) is 32.5. The van der Waals surface area contributed by atoms with Crippen LogP contribution in [0.1, 0.15) is 0 Å². The highest BCUT2D eigenvalue weighted by Gasteiger charge is 2.25. The molecule has 12 heavy (non-hydrogen) atoms. The molecule has 2 nitrogen and oxygen atoms in total. The molecule has 2 aliphatic rings.